The Hall–Kier alpha value is -3.29. The molecule has 3 rings (SSSR count). The topological polar surface area (TPSA) is 75.7 Å². The number of nitrogens with zero attached hydrogens (tertiary/aromatic N) is 1. The van der Waals surface area contributed by atoms with Crippen molar-refractivity contribution in [3.8, 4) is 0 Å². The number of rotatable bonds is 5. The minimum absolute atomic E-state index is 0.0392. The molecule has 1 fully saturated rings. The van der Waals surface area contributed by atoms with Crippen molar-refractivity contribution in [3.05, 3.63) is 59.2 Å². The van der Waals surface area contributed by atoms with E-state index in [9.17, 15) is 23.2 Å². The lowest BCUT2D eigenvalue weighted by Gasteiger charge is -2.20. The Morgan fingerprint density at radius 1 is 1.13 bits per heavy atom. The highest BCUT2D eigenvalue weighted by molar-refractivity contribution is 6.01. The number of halogens is 2. The third kappa shape index (κ3) is 4.32. The van der Waals surface area contributed by atoms with Crippen molar-refractivity contribution in [2.45, 2.75) is 33.3 Å². The van der Waals surface area contributed by atoms with E-state index in [4.69, 9.17) is 4.74 Å². The number of hydrogen-bond donors (Lipinski definition) is 1. The van der Waals surface area contributed by atoms with Crippen LogP contribution >= 0.6 is 0 Å². The van der Waals surface area contributed by atoms with Crippen LogP contribution in [-0.4, -0.2) is 30.4 Å². The quantitative estimate of drug-likeness (QED) is 0.757. The third-order valence-corrected chi connectivity index (χ3v) is 5.20. The summed E-state index contributed by atoms with van der Waals surface area (Å²) in [5, 5.41) is 2.09. The van der Waals surface area contributed by atoms with Crippen LogP contribution in [0.25, 0.3) is 0 Å². The number of benzene rings is 2. The molecule has 1 heterocycles. The van der Waals surface area contributed by atoms with Crippen LogP contribution in [-0.2, 0) is 19.1 Å². The Morgan fingerprint density at radius 2 is 1.77 bits per heavy atom. The van der Waals surface area contributed by atoms with E-state index < -0.39 is 41.2 Å². The molecule has 0 saturated carbocycles. The molecule has 2 atom stereocenters. The van der Waals surface area contributed by atoms with Crippen molar-refractivity contribution in [1.82, 2.24) is 0 Å². The molecule has 2 aromatic carbocycles. The number of hydrogen-bond acceptors (Lipinski definition) is 4. The first-order chi connectivity index (χ1) is 14.2. The van der Waals surface area contributed by atoms with E-state index in [1.165, 1.54) is 17.9 Å². The summed E-state index contributed by atoms with van der Waals surface area (Å²) in [6, 6.07) is 8.76. The van der Waals surface area contributed by atoms with E-state index in [0.29, 0.717) is 0 Å². The highest BCUT2D eigenvalue weighted by atomic mass is 19.1. The van der Waals surface area contributed by atoms with Crippen molar-refractivity contribution >= 4 is 29.2 Å². The number of amides is 2. The zero-order valence-electron chi connectivity index (χ0n) is 16.9. The number of carbonyl (C=O) groups is 3. The second-order valence-electron chi connectivity index (χ2n) is 7.29. The first kappa shape index (κ1) is 21.4. The van der Waals surface area contributed by atoms with Gasteiger partial charge in [-0.2, -0.15) is 0 Å². The maximum absolute atomic E-state index is 13.7. The number of para-hydroxylation sites is 1. The monoisotopic (exact) mass is 416 g/mol. The van der Waals surface area contributed by atoms with Crippen molar-refractivity contribution < 1.29 is 27.9 Å². The Bertz CT molecular complexity index is 988. The molecule has 0 unspecified atom stereocenters. The fourth-order valence-electron chi connectivity index (χ4n) is 3.29. The lowest BCUT2D eigenvalue weighted by Crippen LogP contribution is -2.33. The minimum atomic E-state index is -1.29. The van der Waals surface area contributed by atoms with E-state index in [-0.39, 0.29) is 18.9 Å². The molecule has 1 saturated heterocycles. The summed E-state index contributed by atoms with van der Waals surface area (Å²) in [5.41, 5.74) is 2.09. The fraction of sp³-hybridized carbons (Fsp3) is 0.318. The Balaban J connectivity index is 1.64. The number of nitrogens with one attached hydrogen (secondary N) is 1. The van der Waals surface area contributed by atoms with Gasteiger partial charge in [0.15, 0.2) is 6.10 Å². The van der Waals surface area contributed by atoms with E-state index in [1.807, 2.05) is 32.0 Å². The van der Waals surface area contributed by atoms with Crippen LogP contribution in [0.4, 0.5) is 20.2 Å². The normalized spacial score (nSPS) is 17.0. The SMILES string of the molecule is Cc1cccc(N2C[C@@H](C(=O)O[C@H](C)C(=O)Nc3c(F)cccc3F)CC2=O)c1C. The maximum Gasteiger partial charge on any atom is 0.312 e. The highest BCUT2D eigenvalue weighted by Gasteiger charge is 2.38. The van der Waals surface area contributed by atoms with Gasteiger partial charge in [0.05, 0.1) is 5.92 Å². The molecule has 6 nitrogen and oxygen atoms in total. The smallest absolute Gasteiger partial charge is 0.312 e. The number of carbonyl (C=O) groups excluding carboxylic acids is 3. The van der Waals surface area contributed by atoms with Gasteiger partial charge in [-0.15, -0.1) is 0 Å². The number of esters is 1. The number of anilines is 2. The molecule has 2 amide bonds. The van der Waals surface area contributed by atoms with E-state index in [0.717, 1.165) is 28.9 Å². The summed E-state index contributed by atoms with van der Waals surface area (Å²) >= 11 is 0. The van der Waals surface area contributed by atoms with Crippen LogP contribution in [0.2, 0.25) is 0 Å². The average Bonchev–Trinajstić information content (AvgIpc) is 3.08. The predicted octanol–water partition coefficient (Wildman–Crippen LogP) is 3.50. The standard InChI is InChI=1S/C22H22F2N2O4/c1-12-6-4-9-18(13(12)2)26-11-15(10-19(26)27)22(29)30-14(3)21(28)25-20-16(23)7-5-8-17(20)24/h4-9,14-15H,10-11H2,1-3H3,(H,25,28)/t14-,15+/m1/s1. The largest absolute Gasteiger partial charge is 0.452 e. The molecular formula is C22H22F2N2O4. The summed E-state index contributed by atoms with van der Waals surface area (Å²) < 4.78 is 32.5. The molecule has 30 heavy (non-hydrogen) atoms. The average molecular weight is 416 g/mol. The predicted molar refractivity (Wildman–Crippen MR) is 107 cm³/mol. The molecule has 8 heteroatoms. The summed E-state index contributed by atoms with van der Waals surface area (Å²) in [4.78, 5) is 38.7. The lowest BCUT2D eigenvalue weighted by atomic mass is 10.1. The van der Waals surface area contributed by atoms with Crippen LogP contribution in [0.15, 0.2) is 36.4 Å². The van der Waals surface area contributed by atoms with E-state index >= 15 is 0 Å². The lowest BCUT2D eigenvalue weighted by molar-refractivity contribution is -0.157. The Kier molecular flexibility index (Phi) is 6.14. The second kappa shape index (κ2) is 8.61. The van der Waals surface area contributed by atoms with Gasteiger partial charge >= 0.3 is 5.97 Å². The first-order valence-electron chi connectivity index (χ1n) is 9.51. The number of aryl methyl sites for hydroxylation is 1. The van der Waals surface area contributed by atoms with Crippen molar-refractivity contribution in [2.24, 2.45) is 5.92 Å². The van der Waals surface area contributed by atoms with Crippen LogP contribution < -0.4 is 10.2 Å². The fourth-order valence-corrected chi connectivity index (χ4v) is 3.29. The van der Waals surface area contributed by atoms with Crippen LogP contribution in [0, 0.1) is 31.4 Å². The molecule has 2 aromatic rings. The third-order valence-electron chi connectivity index (χ3n) is 5.20. The summed E-state index contributed by atoms with van der Waals surface area (Å²) in [5.74, 6) is -4.41. The van der Waals surface area contributed by atoms with Gasteiger partial charge in [-0.3, -0.25) is 14.4 Å². The number of ether oxygens (including phenoxy) is 1. The van der Waals surface area contributed by atoms with Gasteiger partial charge in [0.2, 0.25) is 5.91 Å². The molecule has 158 valence electrons. The molecule has 1 aliphatic rings. The molecule has 0 aromatic heterocycles. The maximum atomic E-state index is 13.7. The van der Waals surface area contributed by atoms with Crippen LogP contribution in [0.1, 0.15) is 24.5 Å². The van der Waals surface area contributed by atoms with Gasteiger partial charge in [0.25, 0.3) is 5.91 Å². The first-order valence-corrected chi connectivity index (χ1v) is 9.51. The highest BCUT2D eigenvalue weighted by Crippen LogP contribution is 2.30. The second-order valence-corrected chi connectivity index (χ2v) is 7.29. The minimum Gasteiger partial charge on any atom is -0.452 e. The van der Waals surface area contributed by atoms with Crippen molar-refractivity contribution in [3.63, 3.8) is 0 Å². The zero-order valence-corrected chi connectivity index (χ0v) is 16.9. The van der Waals surface area contributed by atoms with Gasteiger partial charge in [0.1, 0.15) is 17.3 Å². The van der Waals surface area contributed by atoms with Crippen molar-refractivity contribution in [2.75, 3.05) is 16.8 Å². The van der Waals surface area contributed by atoms with Crippen molar-refractivity contribution in [1.29, 1.82) is 0 Å². The summed E-state index contributed by atoms with van der Waals surface area (Å²) in [6.45, 7) is 5.27. The van der Waals surface area contributed by atoms with E-state index in [1.54, 1.807) is 0 Å². The van der Waals surface area contributed by atoms with Crippen LogP contribution in [0.3, 0.4) is 0 Å². The van der Waals surface area contributed by atoms with Gasteiger partial charge in [-0.05, 0) is 50.1 Å². The van der Waals surface area contributed by atoms with Gasteiger partial charge in [-0.25, -0.2) is 8.78 Å². The van der Waals surface area contributed by atoms with Gasteiger partial charge in [0, 0.05) is 18.7 Å². The molecule has 0 spiro atoms. The summed E-state index contributed by atoms with van der Waals surface area (Å²) in [6.07, 6.45) is -1.33. The molecule has 1 N–H and O–H groups in total. The van der Waals surface area contributed by atoms with Gasteiger partial charge < -0.3 is 15.0 Å². The zero-order chi connectivity index (χ0) is 22.0. The van der Waals surface area contributed by atoms with Crippen LogP contribution in [0.5, 0.6) is 0 Å². The summed E-state index contributed by atoms with van der Waals surface area (Å²) in [7, 11) is 0. The molecular weight excluding hydrogens is 394 g/mol. The Labute approximate surface area is 172 Å². The molecule has 1 aliphatic heterocycles. The molecule has 0 aliphatic carbocycles. The van der Waals surface area contributed by atoms with E-state index in [2.05, 4.69) is 5.32 Å². The molecule has 0 radical (unpaired) electrons. The molecule has 0 bridgehead atoms. The Morgan fingerprint density at radius 3 is 2.43 bits per heavy atom. The van der Waals surface area contributed by atoms with Gasteiger partial charge in [-0.1, -0.05) is 18.2 Å².